The molecule has 2 bridgehead atoms. The van der Waals surface area contributed by atoms with Crippen LogP contribution in [0.2, 0.25) is 0 Å². The third kappa shape index (κ3) is 1.18. The number of ether oxygens (including phenoxy) is 3. The molecule has 2 aliphatic rings. The molecule has 0 aliphatic carbocycles. The molecule has 0 saturated carbocycles. The van der Waals surface area contributed by atoms with Crippen molar-refractivity contribution in [2.24, 2.45) is 0 Å². The van der Waals surface area contributed by atoms with Crippen LogP contribution in [-0.2, 0) is 14.2 Å². The summed E-state index contributed by atoms with van der Waals surface area (Å²) in [4.78, 5) is 0. The zero-order valence-corrected chi connectivity index (χ0v) is 7.08. The minimum Gasteiger partial charge on any atom is -0.387 e. The van der Waals surface area contributed by atoms with Crippen molar-refractivity contribution in [1.82, 2.24) is 0 Å². The summed E-state index contributed by atoms with van der Waals surface area (Å²) >= 11 is 0. The molecule has 5 atom stereocenters. The second-order valence-electron chi connectivity index (χ2n) is 3.28. The van der Waals surface area contributed by atoms with Crippen LogP contribution in [-0.4, -0.2) is 59.4 Å². The number of hydrogen-bond acceptors (Lipinski definition) is 6. The van der Waals surface area contributed by atoms with Gasteiger partial charge in [0, 0.05) is 7.11 Å². The lowest BCUT2D eigenvalue weighted by atomic mass is 9.98. The van der Waals surface area contributed by atoms with E-state index in [9.17, 15) is 15.3 Å². The third-order valence-corrected chi connectivity index (χ3v) is 2.44. The van der Waals surface area contributed by atoms with Crippen LogP contribution in [0, 0.1) is 0 Å². The highest BCUT2D eigenvalue weighted by Crippen LogP contribution is 2.35. The maximum Gasteiger partial charge on any atom is 0.221 e. The topological polar surface area (TPSA) is 88.4 Å². The molecular formula is C7H12O6. The summed E-state index contributed by atoms with van der Waals surface area (Å²) in [6.07, 6.45) is -4.18. The van der Waals surface area contributed by atoms with Gasteiger partial charge in [-0.15, -0.1) is 0 Å². The fraction of sp³-hybridized carbons (Fsp3) is 1.00. The van der Waals surface area contributed by atoms with E-state index in [2.05, 4.69) is 0 Å². The van der Waals surface area contributed by atoms with E-state index in [0.717, 1.165) is 0 Å². The van der Waals surface area contributed by atoms with Crippen molar-refractivity contribution in [3.05, 3.63) is 0 Å². The van der Waals surface area contributed by atoms with Crippen LogP contribution in [0.3, 0.4) is 0 Å². The standard InChI is InChI=1S/C7H12O6/c1-11-4-3(8)5(9)7(10)2-12-6(4)13-7/h3-6,8-10H,2H2,1H3/t3-,4-,5-,6-,7-/m1/s1. The van der Waals surface area contributed by atoms with Crippen molar-refractivity contribution < 1.29 is 29.5 Å². The van der Waals surface area contributed by atoms with Crippen molar-refractivity contribution in [3.8, 4) is 0 Å². The lowest BCUT2D eigenvalue weighted by Crippen LogP contribution is -2.61. The Morgan fingerprint density at radius 1 is 1.46 bits per heavy atom. The Bertz CT molecular complexity index is 207. The van der Waals surface area contributed by atoms with Gasteiger partial charge in [-0.25, -0.2) is 0 Å². The van der Waals surface area contributed by atoms with Gasteiger partial charge in [-0.1, -0.05) is 0 Å². The van der Waals surface area contributed by atoms with E-state index in [1.54, 1.807) is 0 Å². The first kappa shape index (κ1) is 9.32. The number of rotatable bonds is 1. The van der Waals surface area contributed by atoms with Crippen molar-refractivity contribution in [2.75, 3.05) is 13.7 Å². The van der Waals surface area contributed by atoms with Gasteiger partial charge in [0.2, 0.25) is 5.79 Å². The summed E-state index contributed by atoms with van der Waals surface area (Å²) in [6.45, 7) is -0.157. The molecule has 2 aliphatic heterocycles. The number of methoxy groups -OCH3 is 1. The Labute approximate surface area is 74.6 Å². The lowest BCUT2D eigenvalue weighted by Gasteiger charge is -2.38. The molecule has 6 heteroatoms. The van der Waals surface area contributed by atoms with Gasteiger partial charge in [0.15, 0.2) is 6.29 Å². The second kappa shape index (κ2) is 2.88. The third-order valence-electron chi connectivity index (χ3n) is 2.44. The Balaban J connectivity index is 2.23. The molecular weight excluding hydrogens is 180 g/mol. The molecule has 0 spiro atoms. The lowest BCUT2D eigenvalue weighted by molar-refractivity contribution is -0.324. The summed E-state index contributed by atoms with van der Waals surface area (Å²) in [7, 11) is 1.37. The average Bonchev–Trinajstić information content (AvgIpc) is 2.45. The van der Waals surface area contributed by atoms with Crippen molar-refractivity contribution in [3.63, 3.8) is 0 Å². The van der Waals surface area contributed by atoms with Gasteiger partial charge in [-0.3, -0.25) is 0 Å². The predicted molar refractivity (Wildman–Crippen MR) is 38.6 cm³/mol. The highest BCUT2D eigenvalue weighted by atomic mass is 16.8. The largest absolute Gasteiger partial charge is 0.387 e. The van der Waals surface area contributed by atoms with E-state index in [0.29, 0.717) is 0 Å². The SMILES string of the molecule is CO[C@H]1[C@@H]2OC[C@@](O)(O2)[C@H](O)[C@@H]1O. The number of fused-ring (bicyclic) bond motifs is 2. The first-order chi connectivity index (χ1) is 6.08. The smallest absolute Gasteiger partial charge is 0.221 e. The van der Waals surface area contributed by atoms with Gasteiger partial charge in [0.25, 0.3) is 0 Å². The normalized spacial score (nSPS) is 55.4. The Kier molecular flexibility index (Phi) is 2.06. The average molecular weight is 192 g/mol. The van der Waals surface area contributed by atoms with Gasteiger partial charge < -0.3 is 29.5 Å². The first-order valence-electron chi connectivity index (χ1n) is 3.99. The molecule has 2 fully saturated rings. The van der Waals surface area contributed by atoms with Gasteiger partial charge in [0.05, 0.1) is 0 Å². The summed E-state index contributed by atoms with van der Waals surface area (Å²) in [5, 5.41) is 28.5. The van der Waals surface area contributed by atoms with Crippen LogP contribution in [0.15, 0.2) is 0 Å². The molecule has 0 aromatic carbocycles. The van der Waals surface area contributed by atoms with Crippen molar-refractivity contribution >= 4 is 0 Å². The monoisotopic (exact) mass is 192 g/mol. The fourth-order valence-corrected chi connectivity index (χ4v) is 1.65. The van der Waals surface area contributed by atoms with Crippen LogP contribution in [0.1, 0.15) is 0 Å². The first-order valence-corrected chi connectivity index (χ1v) is 3.99. The van der Waals surface area contributed by atoms with Crippen LogP contribution in [0.5, 0.6) is 0 Å². The predicted octanol–water partition coefficient (Wildman–Crippen LogP) is -2.20. The van der Waals surface area contributed by atoms with E-state index < -0.39 is 30.4 Å². The molecule has 0 aromatic heterocycles. The summed E-state index contributed by atoms with van der Waals surface area (Å²) in [5.41, 5.74) is 0. The van der Waals surface area contributed by atoms with E-state index in [1.165, 1.54) is 7.11 Å². The van der Waals surface area contributed by atoms with Crippen molar-refractivity contribution in [1.29, 1.82) is 0 Å². The minimum atomic E-state index is -1.79. The quantitative estimate of drug-likeness (QED) is 0.437. The zero-order chi connectivity index (χ0) is 9.64. The molecule has 2 heterocycles. The van der Waals surface area contributed by atoms with E-state index in [-0.39, 0.29) is 6.61 Å². The maximum atomic E-state index is 9.56. The van der Waals surface area contributed by atoms with Gasteiger partial charge >= 0.3 is 0 Å². The molecule has 0 unspecified atom stereocenters. The van der Waals surface area contributed by atoms with Gasteiger partial charge in [-0.05, 0) is 0 Å². The van der Waals surface area contributed by atoms with E-state index in [4.69, 9.17) is 14.2 Å². The highest BCUT2D eigenvalue weighted by Gasteiger charge is 2.58. The Morgan fingerprint density at radius 3 is 2.77 bits per heavy atom. The molecule has 0 amide bonds. The van der Waals surface area contributed by atoms with Crippen LogP contribution < -0.4 is 0 Å². The van der Waals surface area contributed by atoms with E-state index in [1.807, 2.05) is 0 Å². The molecule has 2 rings (SSSR count). The molecule has 13 heavy (non-hydrogen) atoms. The molecule has 0 radical (unpaired) electrons. The molecule has 76 valence electrons. The Hall–Kier alpha value is -0.240. The van der Waals surface area contributed by atoms with Gasteiger partial charge in [-0.2, -0.15) is 0 Å². The zero-order valence-electron chi connectivity index (χ0n) is 7.08. The Morgan fingerprint density at radius 2 is 2.15 bits per heavy atom. The number of aliphatic hydroxyl groups excluding tert-OH is 2. The van der Waals surface area contributed by atoms with Crippen molar-refractivity contribution in [2.45, 2.75) is 30.4 Å². The number of hydrogen-bond donors (Lipinski definition) is 3. The second-order valence-corrected chi connectivity index (χ2v) is 3.28. The highest BCUT2D eigenvalue weighted by molar-refractivity contribution is 4.97. The molecule has 3 N–H and O–H groups in total. The molecule has 0 aromatic rings. The van der Waals surface area contributed by atoms with Crippen LogP contribution in [0.4, 0.5) is 0 Å². The van der Waals surface area contributed by atoms with Gasteiger partial charge in [0.1, 0.15) is 24.9 Å². The minimum absolute atomic E-state index is 0.157. The molecule has 2 saturated heterocycles. The number of aliphatic hydroxyl groups is 3. The summed E-state index contributed by atoms with van der Waals surface area (Å²) < 4.78 is 14.9. The van der Waals surface area contributed by atoms with E-state index >= 15 is 0 Å². The fourth-order valence-electron chi connectivity index (χ4n) is 1.65. The molecule has 6 nitrogen and oxygen atoms in total. The maximum absolute atomic E-state index is 9.56. The van der Waals surface area contributed by atoms with Crippen LogP contribution >= 0.6 is 0 Å². The van der Waals surface area contributed by atoms with Crippen LogP contribution in [0.25, 0.3) is 0 Å². The summed E-state index contributed by atoms with van der Waals surface area (Å²) in [5.74, 6) is -1.79. The summed E-state index contributed by atoms with van der Waals surface area (Å²) in [6, 6.07) is 0.